The average Bonchev–Trinajstić information content (AvgIpc) is 2.39. The molecule has 1 N–H and O–H groups in total. The van der Waals surface area contributed by atoms with Gasteiger partial charge in [0.1, 0.15) is 0 Å². The van der Waals surface area contributed by atoms with E-state index >= 15 is 0 Å². The third-order valence-electron chi connectivity index (χ3n) is 2.84. The molecule has 0 saturated carbocycles. The van der Waals surface area contributed by atoms with Crippen LogP contribution in [0, 0.1) is 17.0 Å². The minimum atomic E-state index is -0.621. The number of benzene rings is 1. The Morgan fingerprint density at radius 1 is 1.35 bits per heavy atom. The van der Waals surface area contributed by atoms with E-state index in [9.17, 15) is 15.2 Å². The van der Waals surface area contributed by atoms with Crippen molar-refractivity contribution < 1.29 is 14.8 Å². The van der Waals surface area contributed by atoms with Crippen molar-refractivity contribution >= 4 is 5.69 Å². The van der Waals surface area contributed by atoms with Crippen molar-refractivity contribution in [1.82, 2.24) is 4.98 Å². The van der Waals surface area contributed by atoms with Gasteiger partial charge in [0.15, 0.2) is 0 Å². The van der Waals surface area contributed by atoms with Crippen molar-refractivity contribution in [3.8, 4) is 11.6 Å². The fraction of sp³-hybridized carbons (Fsp3) is 0.214. The van der Waals surface area contributed by atoms with Crippen molar-refractivity contribution in [1.29, 1.82) is 0 Å². The topological polar surface area (TPSA) is 85.5 Å². The van der Waals surface area contributed by atoms with Crippen LogP contribution >= 0.6 is 0 Å². The predicted molar refractivity (Wildman–Crippen MR) is 72.8 cm³/mol. The maximum Gasteiger partial charge on any atom is 0.314 e. The van der Waals surface area contributed by atoms with Crippen LogP contribution in [0.15, 0.2) is 36.5 Å². The summed E-state index contributed by atoms with van der Waals surface area (Å²) in [5, 5.41) is 20.4. The molecule has 0 spiro atoms. The van der Waals surface area contributed by atoms with E-state index in [1.807, 2.05) is 0 Å². The Hall–Kier alpha value is -2.47. The Balaban J connectivity index is 2.30. The Morgan fingerprint density at radius 2 is 2.10 bits per heavy atom. The van der Waals surface area contributed by atoms with Gasteiger partial charge in [0.05, 0.1) is 11.0 Å². The summed E-state index contributed by atoms with van der Waals surface area (Å²) < 4.78 is 5.45. The maximum absolute atomic E-state index is 11.0. The summed E-state index contributed by atoms with van der Waals surface area (Å²) in [6, 6.07) is 8.08. The van der Waals surface area contributed by atoms with Crippen LogP contribution in [0.1, 0.15) is 24.2 Å². The number of aliphatic hydroxyl groups excluding tert-OH is 1. The number of nitrogens with zero attached hydrogens (tertiary/aromatic N) is 2. The molecule has 0 aliphatic heterocycles. The molecule has 2 aromatic rings. The summed E-state index contributed by atoms with van der Waals surface area (Å²) in [5.41, 5.74) is 1.10. The van der Waals surface area contributed by atoms with Gasteiger partial charge in [0.2, 0.25) is 11.6 Å². The molecule has 1 heterocycles. The lowest BCUT2D eigenvalue weighted by atomic mass is 10.2. The van der Waals surface area contributed by atoms with Crippen molar-refractivity contribution in [2.75, 3.05) is 0 Å². The van der Waals surface area contributed by atoms with Gasteiger partial charge in [-0.1, -0.05) is 12.1 Å². The molecule has 1 atom stereocenters. The minimum Gasteiger partial charge on any atom is -0.432 e. The fourth-order valence-corrected chi connectivity index (χ4v) is 1.76. The second-order valence-corrected chi connectivity index (χ2v) is 4.39. The summed E-state index contributed by atoms with van der Waals surface area (Å²) >= 11 is 0. The molecule has 0 amide bonds. The first kappa shape index (κ1) is 14.0. The molecule has 0 bridgehead atoms. The average molecular weight is 274 g/mol. The number of aryl methyl sites for hydroxylation is 1. The van der Waals surface area contributed by atoms with E-state index in [2.05, 4.69) is 4.98 Å². The first-order valence-electron chi connectivity index (χ1n) is 6.05. The standard InChI is InChI=1S/C14H14N2O4/c1-9-4-3-5-12(14(9)16(18)19)20-13-7-6-11(8-15-13)10(2)17/h3-8,10,17H,1-2H3/t10-/m1/s1. The van der Waals surface area contributed by atoms with Crippen molar-refractivity contribution in [2.45, 2.75) is 20.0 Å². The molecular weight excluding hydrogens is 260 g/mol. The molecule has 0 radical (unpaired) electrons. The second kappa shape index (κ2) is 5.66. The third-order valence-corrected chi connectivity index (χ3v) is 2.84. The van der Waals surface area contributed by atoms with E-state index in [4.69, 9.17) is 4.74 Å². The van der Waals surface area contributed by atoms with Crippen LogP contribution in [0.3, 0.4) is 0 Å². The van der Waals surface area contributed by atoms with Crippen molar-refractivity contribution in [3.63, 3.8) is 0 Å². The highest BCUT2D eigenvalue weighted by Crippen LogP contribution is 2.33. The SMILES string of the molecule is Cc1cccc(Oc2ccc([C@@H](C)O)cn2)c1[N+](=O)[O-]. The van der Waals surface area contributed by atoms with E-state index in [-0.39, 0.29) is 17.3 Å². The smallest absolute Gasteiger partial charge is 0.314 e. The zero-order chi connectivity index (χ0) is 14.7. The highest BCUT2D eigenvalue weighted by molar-refractivity contribution is 5.53. The largest absolute Gasteiger partial charge is 0.432 e. The van der Waals surface area contributed by atoms with Crippen LogP contribution in [-0.4, -0.2) is 15.0 Å². The van der Waals surface area contributed by atoms with Crippen LogP contribution in [0.2, 0.25) is 0 Å². The second-order valence-electron chi connectivity index (χ2n) is 4.39. The summed E-state index contributed by atoms with van der Waals surface area (Å²) in [5.74, 6) is 0.385. The maximum atomic E-state index is 11.0. The zero-order valence-electron chi connectivity index (χ0n) is 11.1. The number of pyridine rings is 1. The van der Waals surface area contributed by atoms with E-state index in [0.29, 0.717) is 11.1 Å². The van der Waals surface area contributed by atoms with Crippen molar-refractivity contribution in [2.24, 2.45) is 0 Å². The normalized spacial score (nSPS) is 11.9. The van der Waals surface area contributed by atoms with Gasteiger partial charge in [-0.3, -0.25) is 10.1 Å². The molecule has 0 saturated heterocycles. The number of aliphatic hydroxyl groups is 1. The van der Waals surface area contributed by atoms with Gasteiger partial charge < -0.3 is 9.84 Å². The Kier molecular flexibility index (Phi) is 3.95. The molecule has 6 nitrogen and oxygen atoms in total. The molecular formula is C14H14N2O4. The van der Waals surface area contributed by atoms with Gasteiger partial charge in [0, 0.05) is 17.8 Å². The summed E-state index contributed by atoms with van der Waals surface area (Å²) in [4.78, 5) is 14.6. The Morgan fingerprint density at radius 3 is 2.65 bits per heavy atom. The van der Waals surface area contributed by atoms with Crippen LogP contribution in [0.25, 0.3) is 0 Å². The lowest BCUT2D eigenvalue weighted by molar-refractivity contribution is -0.386. The Bertz CT molecular complexity index is 624. The summed E-state index contributed by atoms with van der Waals surface area (Å²) in [7, 11) is 0. The van der Waals surface area contributed by atoms with Crippen LogP contribution in [0.4, 0.5) is 5.69 Å². The van der Waals surface area contributed by atoms with E-state index < -0.39 is 11.0 Å². The Labute approximate surface area is 115 Å². The van der Waals surface area contributed by atoms with Gasteiger partial charge in [-0.25, -0.2) is 4.98 Å². The molecule has 1 aromatic carbocycles. The first-order valence-corrected chi connectivity index (χ1v) is 6.05. The van der Waals surface area contributed by atoms with E-state index in [0.717, 1.165) is 0 Å². The number of nitro groups is 1. The number of hydrogen-bond acceptors (Lipinski definition) is 5. The molecule has 6 heteroatoms. The number of ether oxygens (including phenoxy) is 1. The third kappa shape index (κ3) is 2.92. The molecule has 20 heavy (non-hydrogen) atoms. The summed E-state index contributed by atoms with van der Waals surface area (Å²) in [6.07, 6.45) is 0.853. The number of hydrogen-bond donors (Lipinski definition) is 1. The lowest BCUT2D eigenvalue weighted by Crippen LogP contribution is -1.98. The molecule has 104 valence electrons. The number of nitro benzene ring substituents is 1. The molecule has 0 aliphatic rings. The molecule has 1 aromatic heterocycles. The first-order chi connectivity index (χ1) is 9.49. The van der Waals surface area contributed by atoms with Gasteiger partial charge in [-0.2, -0.15) is 0 Å². The number of aromatic nitrogens is 1. The van der Waals surface area contributed by atoms with Crippen LogP contribution in [0.5, 0.6) is 11.6 Å². The van der Waals surface area contributed by atoms with Gasteiger partial charge in [-0.15, -0.1) is 0 Å². The molecule has 0 unspecified atom stereocenters. The fourth-order valence-electron chi connectivity index (χ4n) is 1.76. The van der Waals surface area contributed by atoms with Crippen LogP contribution < -0.4 is 4.74 Å². The van der Waals surface area contributed by atoms with Crippen molar-refractivity contribution in [3.05, 3.63) is 57.8 Å². The molecule has 0 fully saturated rings. The highest BCUT2D eigenvalue weighted by Gasteiger charge is 2.19. The van der Waals surface area contributed by atoms with E-state index in [1.165, 1.54) is 12.3 Å². The lowest BCUT2D eigenvalue weighted by Gasteiger charge is -2.08. The monoisotopic (exact) mass is 274 g/mol. The quantitative estimate of drug-likeness (QED) is 0.683. The van der Waals surface area contributed by atoms with Gasteiger partial charge >= 0.3 is 5.69 Å². The van der Waals surface area contributed by atoms with Gasteiger partial charge in [0.25, 0.3) is 0 Å². The van der Waals surface area contributed by atoms with Gasteiger partial charge in [-0.05, 0) is 31.5 Å². The van der Waals surface area contributed by atoms with E-state index in [1.54, 1.807) is 38.1 Å². The predicted octanol–water partition coefficient (Wildman–Crippen LogP) is 3.14. The zero-order valence-corrected chi connectivity index (χ0v) is 11.1. The minimum absolute atomic E-state index is 0.0751. The molecule has 2 rings (SSSR count). The molecule has 0 aliphatic carbocycles. The summed E-state index contributed by atoms with van der Waals surface area (Å²) in [6.45, 7) is 3.28. The number of para-hydroxylation sites is 1. The van der Waals surface area contributed by atoms with Crippen LogP contribution in [-0.2, 0) is 0 Å². The highest BCUT2D eigenvalue weighted by atomic mass is 16.6. The number of rotatable bonds is 4.